The Morgan fingerprint density at radius 2 is 2.83 bits per heavy atom. The van der Waals surface area contributed by atoms with Crippen LogP contribution >= 0.6 is 11.8 Å². The van der Waals surface area contributed by atoms with Crippen LogP contribution in [-0.4, -0.2) is 11.7 Å². The molecule has 1 heterocycles. The van der Waals surface area contributed by atoms with Gasteiger partial charge in [-0.2, -0.15) is 0 Å². The summed E-state index contributed by atoms with van der Waals surface area (Å²) in [6, 6.07) is 0. The average Bonchev–Trinajstić information content (AvgIpc) is 1.86. The van der Waals surface area contributed by atoms with Gasteiger partial charge in [0.1, 0.15) is 0 Å². The van der Waals surface area contributed by atoms with Gasteiger partial charge in [-0.25, -0.2) is 0 Å². The third-order valence-electron chi connectivity index (χ3n) is 0.520. The number of rotatable bonds is 0. The van der Waals surface area contributed by atoms with Crippen LogP contribution in [0.25, 0.3) is 0 Å². The van der Waals surface area contributed by atoms with Crippen molar-refractivity contribution < 1.29 is 4.79 Å². The highest BCUT2D eigenvalue weighted by Gasteiger charge is 2.07. The van der Waals surface area contributed by atoms with Crippen LogP contribution in [0.1, 0.15) is 0 Å². The molecule has 0 aromatic rings. The number of hydrogen-bond donors (Lipinski definition) is 1. The molecule has 6 heavy (non-hydrogen) atoms. The van der Waals surface area contributed by atoms with Gasteiger partial charge in [-0.15, -0.1) is 0 Å². The molecule has 3 heteroatoms. The molecule has 0 unspecified atom stereocenters. The second kappa shape index (κ2) is 1.62. The summed E-state index contributed by atoms with van der Waals surface area (Å²) in [4.78, 5) is 10.1. The van der Waals surface area contributed by atoms with Crippen molar-refractivity contribution in [3.05, 3.63) is 5.88 Å². The van der Waals surface area contributed by atoms with E-state index in [2.05, 4.69) is 5.32 Å². The lowest BCUT2D eigenvalue weighted by molar-refractivity contribution is -0.109. The third-order valence-corrected chi connectivity index (χ3v) is 1.21. The topological polar surface area (TPSA) is 29.1 Å². The van der Waals surface area contributed by atoms with Crippen molar-refractivity contribution in [3.8, 4) is 0 Å². The highest BCUT2D eigenvalue weighted by Crippen LogP contribution is 2.08. The van der Waals surface area contributed by atoms with Gasteiger partial charge < -0.3 is 0 Å². The Hall–Kier alpha value is -0.0200. The highest BCUT2D eigenvalue weighted by atomic mass is 32.2. The van der Waals surface area contributed by atoms with Crippen LogP contribution < -0.4 is 5.32 Å². The summed E-state index contributed by atoms with van der Waals surface area (Å²) in [7, 11) is 0. The zero-order chi connectivity index (χ0) is 4.41. The standard InChI is InChI=1S/C3H4NOS/c5-3-1-4-2-6-3/h2,4H,1H2. The van der Waals surface area contributed by atoms with E-state index in [0.29, 0.717) is 6.54 Å². The molecule has 1 fully saturated rings. The molecular weight excluding hydrogens is 98.1 g/mol. The average molecular weight is 102 g/mol. The van der Waals surface area contributed by atoms with Gasteiger partial charge in [0.25, 0.3) is 0 Å². The molecule has 1 aliphatic rings. The molecule has 0 bridgehead atoms. The van der Waals surface area contributed by atoms with E-state index in [1.807, 2.05) is 0 Å². The van der Waals surface area contributed by atoms with Crippen LogP contribution in [-0.2, 0) is 4.79 Å². The molecule has 0 saturated carbocycles. The Morgan fingerprint density at radius 1 is 2.00 bits per heavy atom. The zero-order valence-corrected chi connectivity index (χ0v) is 3.92. The largest absolute Gasteiger partial charge is 0.295 e. The van der Waals surface area contributed by atoms with Gasteiger partial charge in [0, 0.05) is 0 Å². The zero-order valence-electron chi connectivity index (χ0n) is 3.10. The minimum Gasteiger partial charge on any atom is -0.295 e. The molecule has 1 aliphatic heterocycles. The van der Waals surface area contributed by atoms with E-state index in [1.54, 1.807) is 5.88 Å². The van der Waals surface area contributed by atoms with E-state index in [-0.39, 0.29) is 5.12 Å². The van der Waals surface area contributed by atoms with Gasteiger partial charge in [-0.1, -0.05) is 11.8 Å². The van der Waals surface area contributed by atoms with Gasteiger partial charge in [-0.05, 0) is 0 Å². The SMILES string of the molecule is O=C1CN[CH]S1. The van der Waals surface area contributed by atoms with Crippen LogP contribution in [0.4, 0.5) is 0 Å². The fourth-order valence-electron chi connectivity index (χ4n) is 0.274. The highest BCUT2D eigenvalue weighted by molar-refractivity contribution is 8.15. The van der Waals surface area contributed by atoms with Crippen molar-refractivity contribution in [2.45, 2.75) is 0 Å². The fourth-order valence-corrected chi connectivity index (χ4v) is 0.739. The van der Waals surface area contributed by atoms with E-state index in [0.717, 1.165) is 0 Å². The smallest absolute Gasteiger partial charge is 0.204 e. The summed E-state index contributed by atoms with van der Waals surface area (Å²) in [5, 5.41) is 2.96. The summed E-state index contributed by atoms with van der Waals surface area (Å²) < 4.78 is 0. The van der Waals surface area contributed by atoms with Crippen LogP contribution in [0.15, 0.2) is 0 Å². The molecule has 2 nitrogen and oxygen atoms in total. The monoisotopic (exact) mass is 102 g/mol. The van der Waals surface area contributed by atoms with Crippen LogP contribution in [0, 0.1) is 5.88 Å². The summed E-state index contributed by atoms with van der Waals surface area (Å²) in [6.07, 6.45) is 0. The first-order chi connectivity index (χ1) is 2.89. The number of carbonyl (C=O) groups excluding carboxylic acids is 1. The molecule has 1 radical (unpaired) electrons. The Bertz CT molecular complexity index is 65.2. The maximum absolute atomic E-state index is 10.1. The maximum atomic E-state index is 10.1. The van der Waals surface area contributed by atoms with Gasteiger partial charge in [0.05, 0.1) is 12.4 Å². The number of hydrogen-bond acceptors (Lipinski definition) is 3. The summed E-state index contributed by atoms with van der Waals surface area (Å²) in [5.41, 5.74) is 0. The number of carbonyl (C=O) groups is 1. The van der Waals surface area contributed by atoms with E-state index in [1.165, 1.54) is 11.8 Å². The molecule has 1 rings (SSSR count). The molecule has 0 aliphatic carbocycles. The summed E-state index contributed by atoms with van der Waals surface area (Å²) >= 11 is 1.22. The minimum absolute atomic E-state index is 0.204. The molecule has 1 saturated heterocycles. The van der Waals surface area contributed by atoms with Crippen molar-refractivity contribution in [2.24, 2.45) is 0 Å². The lowest BCUT2D eigenvalue weighted by Crippen LogP contribution is -2.04. The molecule has 0 atom stereocenters. The minimum atomic E-state index is 0.204. The molecule has 1 N–H and O–H groups in total. The van der Waals surface area contributed by atoms with E-state index in [9.17, 15) is 4.79 Å². The number of thioether (sulfide) groups is 1. The quantitative estimate of drug-likeness (QED) is 0.465. The summed E-state index contributed by atoms with van der Waals surface area (Å²) in [5.74, 6) is 1.70. The fraction of sp³-hybridized carbons (Fsp3) is 0.333. The van der Waals surface area contributed by atoms with Gasteiger partial charge >= 0.3 is 0 Å². The number of nitrogens with one attached hydrogen (secondary N) is 1. The predicted octanol–water partition coefficient (Wildman–Crippen LogP) is -0.0313. The van der Waals surface area contributed by atoms with Crippen LogP contribution in [0.2, 0.25) is 0 Å². The second-order valence-corrected chi connectivity index (χ2v) is 1.92. The van der Waals surface area contributed by atoms with Crippen molar-refractivity contribution in [2.75, 3.05) is 6.54 Å². The van der Waals surface area contributed by atoms with E-state index in [4.69, 9.17) is 0 Å². The lowest BCUT2D eigenvalue weighted by Gasteiger charge is -1.72. The molecule has 33 valence electrons. The third kappa shape index (κ3) is 0.725. The van der Waals surface area contributed by atoms with Crippen molar-refractivity contribution in [1.82, 2.24) is 5.32 Å². The first-order valence-corrected chi connectivity index (χ1v) is 2.52. The predicted molar refractivity (Wildman–Crippen MR) is 24.9 cm³/mol. The van der Waals surface area contributed by atoms with Crippen LogP contribution in [0.3, 0.4) is 0 Å². The first-order valence-electron chi connectivity index (χ1n) is 1.64. The van der Waals surface area contributed by atoms with Crippen LogP contribution in [0.5, 0.6) is 0 Å². The Morgan fingerprint density at radius 3 is 3.00 bits per heavy atom. The molecule has 0 aromatic heterocycles. The van der Waals surface area contributed by atoms with Crippen molar-refractivity contribution >= 4 is 16.9 Å². The second-order valence-electron chi connectivity index (χ2n) is 0.989. The molecule has 0 amide bonds. The van der Waals surface area contributed by atoms with E-state index >= 15 is 0 Å². The Labute approximate surface area is 40.3 Å². The van der Waals surface area contributed by atoms with E-state index < -0.39 is 0 Å². The molecule has 0 aromatic carbocycles. The van der Waals surface area contributed by atoms with Gasteiger partial charge in [-0.3, -0.25) is 10.1 Å². The van der Waals surface area contributed by atoms with Crippen molar-refractivity contribution in [3.63, 3.8) is 0 Å². The Kier molecular flexibility index (Phi) is 1.12. The van der Waals surface area contributed by atoms with Gasteiger partial charge in [0.15, 0.2) is 0 Å². The Balaban J connectivity index is 2.37. The molecular formula is C3H4NOS. The summed E-state index contributed by atoms with van der Waals surface area (Å²) in [6.45, 7) is 0.505. The van der Waals surface area contributed by atoms with Crippen molar-refractivity contribution in [1.29, 1.82) is 0 Å². The lowest BCUT2D eigenvalue weighted by atomic mass is 10.7. The van der Waals surface area contributed by atoms with Gasteiger partial charge in [0.2, 0.25) is 5.12 Å². The normalized spacial score (nSPS) is 22.3. The first kappa shape index (κ1) is 4.15. The maximum Gasteiger partial charge on any atom is 0.204 e. The molecule has 0 spiro atoms.